The van der Waals surface area contributed by atoms with Crippen molar-refractivity contribution in [2.24, 2.45) is 5.16 Å². The Morgan fingerprint density at radius 1 is 1.36 bits per heavy atom. The molecule has 0 aliphatic rings. The summed E-state index contributed by atoms with van der Waals surface area (Å²) in [5.74, 6) is -1.97. The van der Waals surface area contributed by atoms with Gasteiger partial charge in [0.25, 0.3) is 0 Å². The third kappa shape index (κ3) is 1.52. The molecule has 0 aliphatic heterocycles. The highest BCUT2D eigenvalue weighted by molar-refractivity contribution is 5.79. The van der Waals surface area contributed by atoms with Gasteiger partial charge in [0.2, 0.25) is 0 Å². The Morgan fingerprint density at radius 3 is 2.73 bits per heavy atom. The van der Waals surface area contributed by atoms with E-state index < -0.39 is 11.6 Å². The van der Waals surface area contributed by atoms with Crippen molar-refractivity contribution in [1.29, 1.82) is 0 Å². The maximum absolute atomic E-state index is 12.6. The van der Waals surface area contributed by atoms with Crippen molar-refractivity contribution in [3.63, 3.8) is 0 Å². The zero-order valence-electron chi connectivity index (χ0n) is 5.46. The summed E-state index contributed by atoms with van der Waals surface area (Å²) in [4.78, 5) is 0. The number of hydrogen-bond donors (Lipinski definition) is 1. The molecule has 0 spiro atoms. The van der Waals surface area contributed by atoms with Gasteiger partial charge in [-0.1, -0.05) is 17.3 Å². The summed E-state index contributed by atoms with van der Waals surface area (Å²) in [6.07, 6.45) is 0.832. The minimum absolute atomic E-state index is 0.0764. The molecule has 0 fully saturated rings. The molecular formula is C7H5F2NO. The summed E-state index contributed by atoms with van der Waals surface area (Å²) in [7, 11) is 0. The molecule has 58 valence electrons. The van der Waals surface area contributed by atoms with E-state index in [9.17, 15) is 8.78 Å². The molecule has 0 unspecified atom stereocenters. The molecule has 0 saturated heterocycles. The van der Waals surface area contributed by atoms with Crippen molar-refractivity contribution in [1.82, 2.24) is 0 Å². The average molecular weight is 157 g/mol. The lowest BCUT2D eigenvalue weighted by Gasteiger charge is -1.94. The van der Waals surface area contributed by atoms with Crippen LogP contribution in [0.2, 0.25) is 0 Å². The Balaban J connectivity index is 3.16. The van der Waals surface area contributed by atoms with Gasteiger partial charge in [-0.25, -0.2) is 8.78 Å². The normalized spacial score (nSPS) is 10.7. The highest BCUT2D eigenvalue weighted by Crippen LogP contribution is 2.08. The van der Waals surface area contributed by atoms with E-state index >= 15 is 0 Å². The summed E-state index contributed by atoms with van der Waals surface area (Å²) >= 11 is 0. The summed E-state index contributed by atoms with van der Waals surface area (Å²) in [6, 6.07) is 3.62. The molecule has 11 heavy (non-hydrogen) atoms. The number of rotatable bonds is 1. The molecule has 0 aromatic heterocycles. The zero-order valence-corrected chi connectivity index (χ0v) is 5.46. The second-order valence-corrected chi connectivity index (χ2v) is 1.89. The molecule has 1 N–H and O–H groups in total. The second kappa shape index (κ2) is 3.09. The molecule has 0 saturated carbocycles. The number of nitrogens with zero attached hydrogens (tertiary/aromatic N) is 1. The first-order valence-electron chi connectivity index (χ1n) is 2.87. The fraction of sp³-hybridized carbons (Fsp3) is 0. The van der Waals surface area contributed by atoms with E-state index in [1.807, 2.05) is 0 Å². The van der Waals surface area contributed by atoms with Gasteiger partial charge in [-0.2, -0.15) is 0 Å². The minimum Gasteiger partial charge on any atom is -0.411 e. The predicted molar refractivity (Wildman–Crippen MR) is 35.7 cm³/mol. The van der Waals surface area contributed by atoms with Crippen LogP contribution in [-0.4, -0.2) is 11.4 Å². The molecule has 0 radical (unpaired) electrons. The van der Waals surface area contributed by atoms with E-state index in [2.05, 4.69) is 5.16 Å². The molecule has 4 heteroatoms. The minimum atomic E-state index is -1.01. The van der Waals surface area contributed by atoms with Crippen LogP contribution in [-0.2, 0) is 0 Å². The van der Waals surface area contributed by atoms with Gasteiger partial charge in [-0.3, -0.25) is 0 Å². The Hall–Kier alpha value is -1.45. The maximum atomic E-state index is 12.6. The summed E-state index contributed by atoms with van der Waals surface area (Å²) in [5, 5.41) is 10.6. The van der Waals surface area contributed by atoms with Gasteiger partial charge in [0.15, 0.2) is 11.6 Å². The van der Waals surface area contributed by atoms with Crippen LogP contribution in [0.1, 0.15) is 5.56 Å². The quantitative estimate of drug-likeness (QED) is 0.376. The molecule has 0 heterocycles. The van der Waals surface area contributed by atoms with Crippen LogP contribution in [0.3, 0.4) is 0 Å². The average Bonchev–Trinajstić information content (AvgIpc) is 1.99. The Morgan fingerprint density at radius 2 is 2.09 bits per heavy atom. The van der Waals surface area contributed by atoms with E-state index in [1.165, 1.54) is 12.1 Å². The summed E-state index contributed by atoms with van der Waals surface area (Å²) < 4.78 is 25.0. The lowest BCUT2D eigenvalue weighted by Crippen LogP contribution is -1.91. The molecule has 1 rings (SSSR count). The van der Waals surface area contributed by atoms with Gasteiger partial charge >= 0.3 is 0 Å². The lowest BCUT2D eigenvalue weighted by molar-refractivity contribution is 0.321. The smallest absolute Gasteiger partial charge is 0.167 e. The van der Waals surface area contributed by atoms with Crippen molar-refractivity contribution in [2.45, 2.75) is 0 Å². The number of halogens is 2. The van der Waals surface area contributed by atoms with Gasteiger partial charge in [-0.05, 0) is 6.07 Å². The third-order valence-corrected chi connectivity index (χ3v) is 1.18. The first kappa shape index (κ1) is 7.65. The van der Waals surface area contributed by atoms with Crippen molar-refractivity contribution in [2.75, 3.05) is 0 Å². The van der Waals surface area contributed by atoms with E-state index in [0.717, 1.165) is 12.3 Å². The Kier molecular flexibility index (Phi) is 2.15. The lowest BCUT2D eigenvalue weighted by atomic mass is 10.2. The first-order valence-corrected chi connectivity index (χ1v) is 2.87. The molecule has 0 atom stereocenters. The number of oxime groups is 1. The topological polar surface area (TPSA) is 32.6 Å². The fourth-order valence-corrected chi connectivity index (χ4v) is 0.682. The number of benzene rings is 1. The van der Waals surface area contributed by atoms with Crippen molar-refractivity contribution in [3.05, 3.63) is 35.4 Å². The SMILES string of the molecule is ON=Cc1cccc(F)c1F. The van der Waals surface area contributed by atoms with Gasteiger partial charge in [-0.15, -0.1) is 0 Å². The van der Waals surface area contributed by atoms with Crippen molar-refractivity contribution >= 4 is 6.21 Å². The fourth-order valence-electron chi connectivity index (χ4n) is 0.682. The van der Waals surface area contributed by atoms with Crippen LogP contribution in [0.15, 0.2) is 23.4 Å². The van der Waals surface area contributed by atoms with Crippen LogP contribution in [0.5, 0.6) is 0 Å². The van der Waals surface area contributed by atoms with Crippen LogP contribution in [0.25, 0.3) is 0 Å². The molecular weight excluding hydrogens is 152 g/mol. The van der Waals surface area contributed by atoms with Crippen molar-refractivity contribution < 1.29 is 14.0 Å². The summed E-state index contributed by atoms with van der Waals surface area (Å²) in [5.41, 5.74) is -0.0764. The van der Waals surface area contributed by atoms with E-state index in [0.29, 0.717) is 0 Å². The largest absolute Gasteiger partial charge is 0.411 e. The summed E-state index contributed by atoms with van der Waals surface area (Å²) in [6.45, 7) is 0. The van der Waals surface area contributed by atoms with E-state index in [1.54, 1.807) is 0 Å². The van der Waals surface area contributed by atoms with Gasteiger partial charge in [0, 0.05) is 5.56 Å². The van der Waals surface area contributed by atoms with Gasteiger partial charge < -0.3 is 5.21 Å². The molecule has 0 aliphatic carbocycles. The molecule has 2 nitrogen and oxygen atoms in total. The van der Waals surface area contributed by atoms with E-state index in [4.69, 9.17) is 5.21 Å². The first-order chi connectivity index (χ1) is 5.25. The van der Waals surface area contributed by atoms with Crippen LogP contribution >= 0.6 is 0 Å². The van der Waals surface area contributed by atoms with Gasteiger partial charge in [0.05, 0.1) is 6.21 Å². The molecule has 0 amide bonds. The standard InChI is InChI=1S/C7H5F2NO/c8-6-3-1-2-5(4-10-11)7(6)9/h1-4,11H. The predicted octanol–water partition coefficient (Wildman–Crippen LogP) is 1.77. The van der Waals surface area contributed by atoms with Crippen molar-refractivity contribution in [3.8, 4) is 0 Å². The molecule has 1 aromatic rings. The Labute approximate surface area is 61.8 Å². The second-order valence-electron chi connectivity index (χ2n) is 1.89. The maximum Gasteiger partial charge on any atom is 0.167 e. The zero-order chi connectivity index (χ0) is 8.27. The molecule has 1 aromatic carbocycles. The highest BCUT2D eigenvalue weighted by Gasteiger charge is 2.04. The Bertz CT molecular complexity index is 286. The molecule has 0 bridgehead atoms. The van der Waals surface area contributed by atoms with E-state index in [-0.39, 0.29) is 5.56 Å². The monoisotopic (exact) mass is 157 g/mol. The van der Waals surface area contributed by atoms with Crippen LogP contribution in [0.4, 0.5) is 8.78 Å². The number of hydrogen-bond acceptors (Lipinski definition) is 2. The van der Waals surface area contributed by atoms with Crippen LogP contribution < -0.4 is 0 Å². The highest BCUT2D eigenvalue weighted by atomic mass is 19.2. The van der Waals surface area contributed by atoms with Gasteiger partial charge in [0.1, 0.15) is 0 Å². The van der Waals surface area contributed by atoms with Crippen LogP contribution in [0, 0.1) is 11.6 Å². The third-order valence-electron chi connectivity index (χ3n) is 1.18.